The van der Waals surface area contributed by atoms with Crippen LogP contribution in [0.5, 0.6) is 5.75 Å². The van der Waals surface area contributed by atoms with Gasteiger partial charge in [0, 0.05) is 29.3 Å². The summed E-state index contributed by atoms with van der Waals surface area (Å²) in [6.07, 6.45) is 8.58. The highest BCUT2D eigenvalue weighted by molar-refractivity contribution is 6.30. The van der Waals surface area contributed by atoms with Gasteiger partial charge < -0.3 is 15.4 Å². The lowest BCUT2D eigenvalue weighted by atomic mass is 9.44. The number of halogens is 2. The van der Waals surface area contributed by atoms with Gasteiger partial charge in [-0.3, -0.25) is 9.78 Å². The molecule has 2 aromatic rings. The Morgan fingerprint density at radius 3 is 2.75 bits per heavy atom. The van der Waals surface area contributed by atoms with Crippen LogP contribution in [-0.4, -0.2) is 33.6 Å². The van der Waals surface area contributed by atoms with Crippen LogP contribution in [0.1, 0.15) is 43.7 Å². The Kier molecular flexibility index (Phi) is 3.98. The van der Waals surface area contributed by atoms with Gasteiger partial charge in [-0.05, 0) is 44.2 Å². The topological polar surface area (TPSA) is 76.1 Å². The van der Waals surface area contributed by atoms with Crippen LogP contribution < -0.4 is 15.4 Å². The maximum absolute atomic E-state index is 13.4. The fraction of sp³-hybridized carbons (Fsp3) is 0.450. The number of hydrogen-bond acceptors (Lipinski definition) is 5. The summed E-state index contributed by atoms with van der Waals surface area (Å²) in [5.74, 6) is 0.890. The van der Waals surface area contributed by atoms with Gasteiger partial charge in [0.15, 0.2) is 6.61 Å². The molecule has 4 aliphatic rings. The average Bonchev–Trinajstić information content (AvgIpc) is 3.45. The van der Waals surface area contributed by atoms with Crippen molar-refractivity contribution in [1.29, 1.82) is 0 Å². The largest absolute Gasteiger partial charge is 0.484 e. The monoisotopic (exact) mass is 402 g/mol. The van der Waals surface area contributed by atoms with Crippen LogP contribution in [0.4, 0.5) is 10.2 Å². The van der Waals surface area contributed by atoms with Crippen LogP contribution in [-0.2, 0) is 4.79 Å². The summed E-state index contributed by atoms with van der Waals surface area (Å²) in [5, 5.41) is 6.57. The van der Waals surface area contributed by atoms with E-state index in [2.05, 4.69) is 20.6 Å². The van der Waals surface area contributed by atoms with Crippen molar-refractivity contribution in [2.45, 2.75) is 49.1 Å². The molecular formula is C20H20ClFN4O2. The number of rotatable bonds is 7. The lowest BCUT2D eigenvalue weighted by molar-refractivity contribution is -0.135. The van der Waals surface area contributed by atoms with E-state index >= 15 is 0 Å². The molecule has 0 aliphatic heterocycles. The Labute approximate surface area is 166 Å². The molecule has 0 saturated heterocycles. The lowest BCUT2D eigenvalue weighted by Crippen LogP contribution is -2.81. The molecule has 8 heteroatoms. The van der Waals surface area contributed by atoms with Crippen molar-refractivity contribution in [2.24, 2.45) is 0 Å². The molecule has 0 atom stereocenters. The molecule has 0 unspecified atom stereocenters. The van der Waals surface area contributed by atoms with Gasteiger partial charge in [0.05, 0.1) is 16.9 Å². The number of anilines is 1. The molecule has 1 heterocycles. The van der Waals surface area contributed by atoms with E-state index < -0.39 is 5.82 Å². The van der Waals surface area contributed by atoms with Crippen molar-refractivity contribution < 1.29 is 13.9 Å². The molecule has 0 radical (unpaired) electrons. The summed E-state index contributed by atoms with van der Waals surface area (Å²) in [5.41, 5.74) is 0.903. The first kappa shape index (κ1) is 17.7. The molecule has 1 aromatic carbocycles. The summed E-state index contributed by atoms with van der Waals surface area (Å²) in [7, 11) is 0. The maximum atomic E-state index is 13.4. The van der Waals surface area contributed by atoms with E-state index in [4.69, 9.17) is 16.3 Å². The minimum Gasteiger partial charge on any atom is -0.484 e. The molecule has 6 nitrogen and oxygen atoms in total. The third kappa shape index (κ3) is 3.28. The van der Waals surface area contributed by atoms with Gasteiger partial charge in [0.1, 0.15) is 17.4 Å². The fourth-order valence-electron chi connectivity index (χ4n) is 4.39. The first-order valence-corrected chi connectivity index (χ1v) is 9.81. The zero-order chi connectivity index (χ0) is 19.4. The molecule has 2 bridgehead atoms. The highest BCUT2D eigenvalue weighted by Gasteiger charge is 2.69. The first-order chi connectivity index (χ1) is 13.4. The Hall–Kier alpha value is -2.41. The van der Waals surface area contributed by atoms with Gasteiger partial charge in [-0.25, -0.2) is 9.37 Å². The summed E-state index contributed by atoms with van der Waals surface area (Å²) in [6.45, 7) is -0.155. The van der Waals surface area contributed by atoms with Gasteiger partial charge in [-0.1, -0.05) is 11.6 Å². The highest BCUT2D eigenvalue weighted by atomic mass is 35.5. The summed E-state index contributed by atoms with van der Waals surface area (Å²) >= 11 is 5.64. The van der Waals surface area contributed by atoms with Gasteiger partial charge >= 0.3 is 0 Å². The van der Waals surface area contributed by atoms with Crippen LogP contribution >= 0.6 is 11.6 Å². The van der Waals surface area contributed by atoms with E-state index in [1.54, 1.807) is 6.20 Å². The number of hydrogen-bond donors (Lipinski definition) is 2. The van der Waals surface area contributed by atoms with Crippen molar-refractivity contribution in [2.75, 3.05) is 11.9 Å². The third-order valence-electron chi connectivity index (χ3n) is 5.74. The minimum absolute atomic E-state index is 0.00427. The Bertz CT molecular complexity index is 930. The van der Waals surface area contributed by atoms with Crippen molar-refractivity contribution in [3.8, 4) is 5.75 Å². The lowest BCUT2D eigenvalue weighted by Gasteiger charge is -2.70. The number of nitrogens with one attached hydrogen (secondary N) is 2. The maximum Gasteiger partial charge on any atom is 0.258 e. The minimum atomic E-state index is -0.569. The van der Waals surface area contributed by atoms with Gasteiger partial charge in [-0.2, -0.15) is 0 Å². The molecule has 1 aromatic heterocycles. The van der Waals surface area contributed by atoms with Gasteiger partial charge in [0.2, 0.25) is 0 Å². The van der Waals surface area contributed by atoms with E-state index in [-0.39, 0.29) is 34.4 Å². The van der Waals surface area contributed by atoms with Crippen LogP contribution in [0.25, 0.3) is 0 Å². The van der Waals surface area contributed by atoms with Gasteiger partial charge in [-0.15, -0.1) is 0 Å². The average molecular weight is 403 g/mol. The predicted octanol–water partition coefficient (Wildman–Crippen LogP) is 3.43. The van der Waals surface area contributed by atoms with Crippen LogP contribution in [0.15, 0.2) is 30.6 Å². The Morgan fingerprint density at radius 2 is 2.04 bits per heavy atom. The molecule has 28 heavy (non-hydrogen) atoms. The quantitative estimate of drug-likeness (QED) is 0.742. The van der Waals surface area contributed by atoms with Crippen LogP contribution in [0.3, 0.4) is 0 Å². The summed E-state index contributed by atoms with van der Waals surface area (Å²) < 4.78 is 18.8. The molecule has 2 N–H and O–H groups in total. The zero-order valence-electron chi connectivity index (χ0n) is 15.2. The molecule has 4 aliphatic carbocycles. The second-order valence-corrected chi connectivity index (χ2v) is 8.64. The second kappa shape index (κ2) is 6.30. The van der Waals surface area contributed by atoms with Crippen LogP contribution in [0, 0.1) is 5.82 Å². The third-order valence-corrected chi connectivity index (χ3v) is 6.04. The highest BCUT2D eigenvalue weighted by Crippen LogP contribution is 2.61. The van der Waals surface area contributed by atoms with Crippen LogP contribution in [0.2, 0.25) is 5.02 Å². The Balaban J connectivity index is 1.10. The zero-order valence-corrected chi connectivity index (χ0v) is 15.9. The van der Waals surface area contributed by atoms with E-state index in [0.29, 0.717) is 5.92 Å². The molecule has 0 spiro atoms. The van der Waals surface area contributed by atoms with Crippen molar-refractivity contribution in [3.63, 3.8) is 0 Å². The Morgan fingerprint density at radius 1 is 1.25 bits per heavy atom. The smallest absolute Gasteiger partial charge is 0.258 e. The van der Waals surface area contributed by atoms with Crippen molar-refractivity contribution >= 4 is 23.3 Å². The number of benzene rings is 1. The normalized spacial score (nSPS) is 27.4. The summed E-state index contributed by atoms with van der Waals surface area (Å²) in [4.78, 5) is 21.1. The molecule has 4 saturated carbocycles. The molecule has 6 rings (SSSR count). The number of nitrogens with zero attached hydrogens (tertiary/aromatic N) is 2. The number of amides is 1. The van der Waals surface area contributed by atoms with E-state index in [9.17, 15) is 9.18 Å². The standard InChI is InChI=1S/C20H20ClFN4O2/c21-14-4-3-13(5-15(14)22)28-8-18(27)26-20-9-19(10-20,11-20)25-17-7-23-6-16(24-17)12-1-2-12/h3-7,12H,1-2,8-11H2,(H,24,25)(H,26,27). The number of carbonyl (C=O) groups excluding carboxylic acids is 1. The SMILES string of the molecule is O=C(COc1ccc(Cl)c(F)c1)NC12CC(Nc3cncc(C4CC4)n3)(C1)C2. The first-order valence-electron chi connectivity index (χ1n) is 9.43. The van der Waals surface area contributed by atoms with Gasteiger partial charge in [0.25, 0.3) is 5.91 Å². The number of carbonyl (C=O) groups is 1. The molecule has 4 fully saturated rings. The van der Waals surface area contributed by atoms with Crippen molar-refractivity contribution in [1.82, 2.24) is 15.3 Å². The number of ether oxygens (including phenoxy) is 1. The second-order valence-electron chi connectivity index (χ2n) is 8.23. The molecule has 1 amide bonds. The van der Waals surface area contributed by atoms with Crippen molar-refractivity contribution in [3.05, 3.63) is 47.1 Å². The molecular weight excluding hydrogens is 383 g/mol. The van der Waals surface area contributed by atoms with E-state index in [0.717, 1.165) is 30.8 Å². The summed E-state index contributed by atoms with van der Waals surface area (Å²) in [6, 6.07) is 4.11. The predicted molar refractivity (Wildman–Crippen MR) is 102 cm³/mol. The molecule has 146 valence electrons. The van der Waals surface area contributed by atoms with E-state index in [1.807, 2.05) is 6.20 Å². The fourth-order valence-corrected chi connectivity index (χ4v) is 4.51. The van der Waals surface area contributed by atoms with E-state index in [1.165, 1.54) is 31.0 Å². The number of aromatic nitrogens is 2.